The van der Waals surface area contributed by atoms with E-state index >= 15 is 0 Å². The average Bonchev–Trinajstić information content (AvgIpc) is 2.66. The summed E-state index contributed by atoms with van der Waals surface area (Å²) in [5.74, 6) is 1.94. The summed E-state index contributed by atoms with van der Waals surface area (Å²) in [6.45, 7) is 4.51. The second kappa shape index (κ2) is 11.8. The molecule has 1 aliphatic rings. The second-order valence-electron chi connectivity index (χ2n) is 5.83. The molecule has 1 aromatic rings. The summed E-state index contributed by atoms with van der Waals surface area (Å²) < 4.78 is 10.6. The van der Waals surface area contributed by atoms with Crippen LogP contribution >= 0.6 is 24.0 Å². The second-order valence-corrected chi connectivity index (χ2v) is 5.83. The van der Waals surface area contributed by atoms with Crippen LogP contribution in [0.1, 0.15) is 26.2 Å². The largest absolute Gasteiger partial charge is 0.493 e. The molecule has 7 nitrogen and oxygen atoms in total. The highest BCUT2D eigenvalue weighted by atomic mass is 127. The summed E-state index contributed by atoms with van der Waals surface area (Å²) in [5, 5.41) is 6.35. The molecule has 1 heterocycles. The standard InChI is InChI=1S/C18H28N4O3.HI/c1-4-19-18(20-13-17(23)22-10-6-5-7-11-22)21-14-8-9-15(24-2)16(12-14)25-3;/h8-9,12H,4-7,10-11,13H2,1-3H3,(H2,19,20,21);1H. The number of likely N-dealkylation sites (tertiary alicyclic amines) is 1. The Morgan fingerprint density at radius 3 is 2.46 bits per heavy atom. The van der Waals surface area contributed by atoms with E-state index in [2.05, 4.69) is 15.6 Å². The fourth-order valence-corrected chi connectivity index (χ4v) is 2.75. The predicted molar refractivity (Wildman–Crippen MR) is 115 cm³/mol. The topological polar surface area (TPSA) is 75.2 Å². The van der Waals surface area contributed by atoms with E-state index in [4.69, 9.17) is 9.47 Å². The van der Waals surface area contributed by atoms with Crippen LogP contribution in [0.2, 0.25) is 0 Å². The Bertz CT molecular complexity index is 604. The van der Waals surface area contributed by atoms with Crippen LogP contribution in [0.3, 0.4) is 0 Å². The van der Waals surface area contributed by atoms with E-state index in [0.29, 0.717) is 24.0 Å². The minimum Gasteiger partial charge on any atom is -0.493 e. The first-order valence-electron chi connectivity index (χ1n) is 8.73. The molecule has 1 aromatic carbocycles. The summed E-state index contributed by atoms with van der Waals surface area (Å²) in [6.07, 6.45) is 3.37. The van der Waals surface area contributed by atoms with Crippen molar-refractivity contribution < 1.29 is 14.3 Å². The van der Waals surface area contributed by atoms with Crippen molar-refractivity contribution in [1.29, 1.82) is 0 Å². The fraction of sp³-hybridized carbons (Fsp3) is 0.556. The van der Waals surface area contributed by atoms with E-state index in [0.717, 1.165) is 31.6 Å². The van der Waals surface area contributed by atoms with Crippen molar-refractivity contribution in [3.63, 3.8) is 0 Å². The molecule has 2 N–H and O–H groups in total. The van der Waals surface area contributed by atoms with Gasteiger partial charge in [0.1, 0.15) is 6.54 Å². The number of benzene rings is 1. The van der Waals surface area contributed by atoms with E-state index < -0.39 is 0 Å². The third-order valence-electron chi connectivity index (χ3n) is 4.07. The predicted octanol–water partition coefficient (Wildman–Crippen LogP) is 2.71. The highest BCUT2D eigenvalue weighted by Crippen LogP contribution is 2.29. The number of hydrogen-bond donors (Lipinski definition) is 2. The lowest BCUT2D eigenvalue weighted by Gasteiger charge is -2.26. The zero-order valence-corrected chi connectivity index (χ0v) is 18.0. The van der Waals surface area contributed by atoms with Crippen molar-refractivity contribution in [2.45, 2.75) is 26.2 Å². The third-order valence-corrected chi connectivity index (χ3v) is 4.07. The highest BCUT2D eigenvalue weighted by Gasteiger charge is 2.16. The normalized spacial score (nSPS) is 14.3. The number of anilines is 1. The number of halogens is 1. The van der Waals surface area contributed by atoms with Crippen molar-refractivity contribution >= 4 is 41.5 Å². The molecule has 0 aromatic heterocycles. The zero-order chi connectivity index (χ0) is 18.1. The molecule has 1 amide bonds. The molecule has 1 fully saturated rings. The third kappa shape index (κ3) is 6.54. The number of nitrogens with zero attached hydrogens (tertiary/aromatic N) is 2. The van der Waals surface area contributed by atoms with Gasteiger partial charge in [0, 0.05) is 31.4 Å². The summed E-state index contributed by atoms with van der Waals surface area (Å²) in [6, 6.07) is 5.53. The van der Waals surface area contributed by atoms with E-state index in [-0.39, 0.29) is 36.4 Å². The van der Waals surface area contributed by atoms with Crippen LogP contribution in [0.15, 0.2) is 23.2 Å². The number of ether oxygens (including phenoxy) is 2. The SMILES string of the molecule is CCNC(=NCC(=O)N1CCCCC1)Nc1ccc(OC)c(OC)c1.I. The summed E-state index contributed by atoms with van der Waals surface area (Å²) in [5.41, 5.74) is 0.808. The minimum atomic E-state index is 0. The van der Waals surface area contributed by atoms with E-state index in [1.54, 1.807) is 14.2 Å². The number of carbonyl (C=O) groups is 1. The molecule has 0 spiro atoms. The van der Waals surface area contributed by atoms with Gasteiger partial charge in [-0.05, 0) is 38.3 Å². The lowest BCUT2D eigenvalue weighted by molar-refractivity contribution is -0.130. The first-order valence-corrected chi connectivity index (χ1v) is 8.73. The maximum Gasteiger partial charge on any atom is 0.244 e. The summed E-state index contributed by atoms with van der Waals surface area (Å²) in [7, 11) is 3.20. The molecule has 0 bridgehead atoms. The number of methoxy groups -OCH3 is 2. The van der Waals surface area contributed by atoms with Gasteiger partial charge in [-0.25, -0.2) is 4.99 Å². The van der Waals surface area contributed by atoms with Gasteiger partial charge in [0.25, 0.3) is 0 Å². The molecule has 0 radical (unpaired) electrons. The molecule has 0 saturated carbocycles. The summed E-state index contributed by atoms with van der Waals surface area (Å²) >= 11 is 0. The van der Waals surface area contributed by atoms with Gasteiger partial charge in [0.15, 0.2) is 17.5 Å². The molecule has 0 atom stereocenters. The van der Waals surface area contributed by atoms with Crippen molar-refractivity contribution in [2.24, 2.45) is 4.99 Å². The number of aliphatic imine (C=N–C) groups is 1. The molecular weight excluding hydrogens is 447 g/mol. The number of carbonyl (C=O) groups excluding carboxylic acids is 1. The number of hydrogen-bond acceptors (Lipinski definition) is 4. The smallest absolute Gasteiger partial charge is 0.244 e. The van der Waals surface area contributed by atoms with Crippen LogP contribution in [0.25, 0.3) is 0 Å². The Balaban J connectivity index is 0.00000338. The van der Waals surface area contributed by atoms with Gasteiger partial charge in [-0.3, -0.25) is 4.79 Å². The van der Waals surface area contributed by atoms with Gasteiger partial charge in [0.2, 0.25) is 5.91 Å². The average molecular weight is 476 g/mol. The lowest BCUT2D eigenvalue weighted by atomic mass is 10.1. The Labute approximate surface area is 172 Å². The summed E-state index contributed by atoms with van der Waals surface area (Å²) in [4.78, 5) is 18.6. The van der Waals surface area contributed by atoms with Gasteiger partial charge in [-0.2, -0.15) is 0 Å². The lowest BCUT2D eigenvalue weighted by Crippen LogP contribution is -2.38. The maximum atomic E-state index is 12.3. The number of guanidine groups is 1. The maximum absolute atomic E-state index is 12.3. The van der Waals surface area contributed by atoms with Gasteiger partial charge < -0.3 is 25.0 Å². The molecule has 2 rings (SSSR count). The van der Waals surface area contributed by atoms with Crippen molar-refractivity contribution in [2.75, 3.05) is 45.7 Å². The zero-order valence-electron chi connectivity index (χ0n) is 15.7. The molecule has 26 heavy (non-hydrogen) atoms. The van der Waals surface area contributed by atoms with Crippen LogP contribution in [-0.4, -0.2) is 57.2 Å². The monoisotopic (exact) mass is 476 g/mol. The Morgan fingerprint density at radius 2 is 1.85 bits per heavy atom. The van der Waals surface area contributed by atoms with Gasteiger partial charge in [-0.15, -0.1) is 24.0 Å². The molecule has 8 heteroatoms. The number of nitrogens with one attached hydrogen (secondary N) is 2. The van der Waals surface area contributed by atoms with E-state index in [1.165, 1.54) is 6.42 Å². The van der Waals surface area contributed by atoms with Crippen LogP contribution in [0, 0.1) is 0 Å². The van der Waals surface area contributed by atoms with Crippen LogP contribution in [-0.2, 0) is 4.79 Å². The van der Waals surface area contributed by atoms with Gasteiger partial charge in [0.05, 0.1) is 14.2 Å². The molecule has 1 aliphatic heterocycles. The van der Waals surface area contributed by atoms with Crippen molar-refractivity contribution in [3.05, 3.63) is 18.2 Å². The molecular formula is C18H29IN4O3. The minimum absolute atomic E-state index is 0. The van der Waals surface area contributed by atoms with Crippen LogP contribution in [0.5, 0.6) is 11.5 Å². The van der Waals surface area contributed by atoms with E-state index in [9.17, 15) is 4.79 Å². The van der Waals surface area contributed by atoms with Crippen molar-refractivity contribution in [3.8, 4) is 11.5 Å². The van der Waals surface area contributed by atoms with Gasteiger partial charge in [-0.1, -0.05) is 0 Å². The van der Waals surface area contributed by atoms with Crippen molar-refractivity contribution in [1.82, 2.24) is 10.2 Å². The molecule has 1 saturated heterocycles. The Hall–Kier alpha value is -1.71. The number of amides is 1. The Morgan fingerprint density at radius 1 is 1.15 bits per heavy atom. The first-order chi connectivity index (χ1) is 12.2. The van der Waals surface area contributed by atoms with Gasteiger partial charge >= 0.3 is 0 Å². The molecule has 0 aliphatic carbocycles. The first kappa shape index (κ1) is 22.3. The molecule has 0 unspecified atom stereocenters. The van der Waals surface area contributed by atoms with E-state index in [1.807, 2.05) is 30.0 Å². The van der Waals surface area contributed by atoms with Crippen LogP contribution < -0.4 is 20.1 Å². The fourth-order valence-electron chi connectivity index (χ4n) is 2.75. The number of piperidine rings is 1. The quantitative estimate of drug-likeness (QED) is 0.375. The number of rotatable bonds is 6. The Kier molecular flexibility index (Phi) is 10.2. The highest BCUT2D eigenvalue weighted by molar-refractivity contribution is 14.0. The van der Waals surface area contributed by atoms with Crippen LogP contribution in [0.4, 0.5) is 5.69 Å². The molecule has 146 valence electrons.